The van der Waals surface area contributed by atoms with Crippen molar-refractivity contribution in [3.8, 4) is 0 Å². The number of carbonyl (C=O) groups excluding carboxylic acids is 1. The van der Waals surface area contributed by atoms with Gasteiger partial charge >= 0.3 is 0 Å². The first-order chi connectivity index (χ1) is 33.3. The molecule has 1 amide bonds. The lowest BCUT2D eigenvalue weighted by Gasteiger charge is -2.40. The fourth-order valence-electron chi connectivity index (χ4n) is 9.87. The predicted octanol–water partition coefficient (Wildman–Crippen LogP) is 14.8. The second kappa shape index (κ2) is 49.5. The van der Waals surface area contributed by atoms with Crippen molar-refractivity contribution < 1.29 is 39.8 Å². The van der Waals surface area contributed by atoms with E-state index in [1.165, 1.54) is 244 Å². The smallest absolute Gasteiger partial charge is 0.220 e. The highest BCUT2D eigenvalue weighted by Gasteiger charge is 2.44. The lowest BCUT2D eigenvalue weighted by molar-refractivity contribution is -0.302. The van der Waals surface area contributed by atoms with Crippen LogP contribution in [0.2, 0.25) is 0 Å². The molecule has 7 atom stereocenters. The highest BCUT2D eigenvalue weighted by molar-refractivity contribution is 5.76. The van der Waals surface area contributed by atoms with Crippen molar-refractivity contribution in [2.24, 2.45) is 0 Å². The Balaban J connectivity index is 2.07. The Morgan fingerprint density at radius 3 is 1.15 bits per heavy atom. The molecule has 404 valence electrons. The van der Waals surface area contributed by atoms with Gasteiger partial charge in [0.1, 0.15) is 24.4 Å². The Hall–Kier alpha value is -1.07. The number of aliphatic hydroxyl groups excluding tert-OH is 5. The topological polar surface area (TPSA) is 149 Å². The first kappa shape index (κ1) is 64.9. The number of nitrogens with one attached hydrogen (secondary N) is 1. The second-order valence-corrected chi connectivity index (χ2v) is 21.2. The van der Waals surface area contributed by atoms with E-state index in [-0.39, 0.29) is 12.5 Å². The van der Waals surface area contributed by atoms with Crippen LogP contribution in [-0.2, 0) is 14.3 Å². The lowest BCUT2D eigenvalue weighted by Crippen LogP contribution is -2.60. The van der Waals surface area contributed by atoms with Crippen LogP contribution >= 0.6 is 0 Å². The number of allylic oxidation sites excluding steroid dienone is 1. The van der Waals surface area contributed by atoms with Crippen LogP contribution in [0.4, 0.5) is 0 Å². The third-order valence-corrected chi connectivity index (χ3v) is 14.6. The number of hydrogen-bond donors (Lipinski definition) is 6. The normalized spacial score (nSPS) is 19.5. The minimum absolute atomic E-state index is 0.171. The fourth-order valence-corrected chi connectivity index (χ4v) is 9.87. The van der Waals surface area contributed by atoms with Gasteiger partial charge in [0.15, 0.2) is 6.29 Å². The molecule has 68 heavy (non-hydrogen) atoms. The van der Waals surface area contributed by atoms with Crippen LogP contribution in [0.3, 0.4) is 0 Å². The van der Waals surface area contributed by atoms with Crippen molar-refractivity contribution in [2.75, 3.05) is 13.2 Å². The summed E-state index contributed by atoms with van der Waals surface area (Å²) in [6.07, 6.45) is 54.5. The van der Waals surface area contributed by atoms with E-state index in [0.717, 1.165) is 38.5 Å². The fraction of sp³-hybridized carbons (Fsp3) is 0.949. The number of amides is 1. The van der Waals surface area contributed by atoms with Crippen molar-refractivity contribution in [1.82, 2.24) is 5.32 Å². The van der Waals surface area contributed by atoms with Crippen molar-refractivity contribution in [1.29, 1.82) is 0 Å². The van der Waals surface area contributed by atoms with Gasteiger partial charge in [-0.3, -0.25) is 4.79 Å². The minimum atomic E-state index is -1.56. The average molecular weight is 967 g/mol. The molecule has 1 aliphatic heterocycles. The molecule has 1 aliphatic rings. The summed E-state index contributed by atoms with van der Waals surface area (Å²) in [4.78, 5) is 13.0. The molecule has 0 aromatic heterocycles. The van der Waals surface area contributed by atoms with E-state index in [0.29, 0.717) is 6.42 Å². The van der Waals surface area contributed by atoms with Gasteiger partial charge in [0, 0.05) is 6.42 Å². The van der Waals surface area contributed by atoms with Crippen LogP contribution in [0.25, 0.3) is 0 Å². The van der Waals surface area contributed by atoms with Crippen molar-refractivity contribution in [2.45, 2.75) is 346 Å². The van der Waals surface area contributed by atoms with Crippen molar-refractivity contribution in [3.63, 3.8) is 0 Å². The minimum Gasteiger partial charge on any atom is -0.394 e. The van der Waals surface area contributed by atoms with Gasteiger partial charge in [-0.25, -0.2) is 0 Å². The number of hydrogen-bond acceptors (Lipinski definition) is 8. The summed E-state index contributed by atoms with van der Waals surface area (Å²) in [7, 11) is 0. The zero-order valence-corrected chi connectivity index (χ0v) is 44.9. The molecule has 0 aromatic rings. The zero-order chi connectivity index (χ0) is 49.4. The molecule has 9 heteroatoms. The third-order valence-electron chi connectivity index (χ3n) is 14.6. The van der Waals surface area contributed by atoms with Crippen LogP contribution in [0.15, 0.2) is 12.2 Å². The Labute approximate surface area is 420 Å². The molecule has 0 bridgehead atoms. The number of rotatable bonds is 52. The molecule has 1 rings (SSSR count). The largest absolute Gasteiger partial charge is 0.394 e. The van der Waals surface area contributed by atoms with Gasteiger partial charge < -0.3 is 40.3 Å². The summed E-state index contributed by atoms with van der Waals surface area (Å²) in [5.41, 5.74) is 0. The van der Waals surface area contributed by atoms with Crippen LogP contribution < -0.4 is 5.32 Å². The summed E-state index contributed by atoms with van der Waals surface area (Å²) < 4.78 is 11.2. The molecular formula is C59H115NO8. The Morgan fingerprint density at radius 2 is 0.809 bits per heavy atom. The van der Waals surface area contributed by atoms with Gasteiger partial charge in [-0.2, -0.15) is 0 Å². The molecule has 0 aromatic carbocycles. The Bertz CT molecular complexity index is 1080. The molecule has 0 spiro atoms. The molecule has 9 nitrogen and oxygen atoms in total. The summed E-state index contributed by atoms with van der Waals surface area (Å²) in [6.45, 7) is 3.80. The highest BCUT2D eigenvalue weighted by atomic mass is 16.7. The van der Waals surface area contributed by atoms with Gasteiger partial charge in [0.05, 0.1) is 25.4 Å². The van der Waals surface area contributed by atoms with Crippen LogP contribution in [-0.4, -0.2) is 87.5 Å². The maximum atomic E-state index is 13.0. The molecule has 1 fully saturated rings. The lowest BCUT2D eigenvalue weighted by atomic mass is 9.99. The van der Waals surface area contributed by atoms with E-state index < -0.39 is 49.5 Å². The first-order valence-electron chi connectivity index (χ1n) is 29.9. The SMILES string of the molecule is CCCCCCCCCCCC/C=C/[C@@H](O)[C@H](CO[C@@H]1O[C@H](CO)[C@H](O)C(O)C1O)NC(=O)CCCCCCCCCCCCCCCCCCCCCCCCCCCCCCCCCCC. The van der Waals surface area contributed by atoms with Gasteiger partial charge in [-0.1, -0.05) is 289 Å². The maximum absolute atomic E-state index is 13.0. The maximum Gasteiger partial charge on any atom is 0.220 e. The van der Waals surface area contributed by atoms with Gasteiger partial charge in [-0.05, 0) is 19.3 Å². The molecule has 0 saturated carbocycles. The molecular weight excluding hydrogens is 851 g/mol. The van der Waals surface area contributed by atoms with Gasteiger partial charge in [0.25, 0.3) is 0 Å². The predicted molar refractivity (Wildman–Crippen MR) is 286 cm³/mol. The van der Waals surface area contributed by atoms with E-state index in [2.05, 4.69) is 19.2 Å². The van der Waals surface area contributed by atoms with E-state index in [4.69, 9.17) is 9.47 Å². The average Bonchev–Trinajstić information content (AvgIpc) is 3.34. The molecule has 1 heterocycles. The number of ether oxygens (including phenoxy) is 2. The van der Waals surface area contributed by atoms with Crippen LogP contribution in [0.1, 0.15) is 303 Å². The molecule has 0 aliphatic carbocycles. The number of unbranched alkanes of at least 4 members (excludes halogenated alkanes) is 42. The van der Waals surface area contributed by atoms with E-state index in [1.807, 2.05) is 6.08 Å². The van der Waals surface area contributed by atoms with E-state index in [1.54, 1.807) is 6.08 Å². The van der Waals surface area contributed by atoms with Crippen molar-refractivity contribution >= 4 is 5.91 Å². The zero-order valence-electron chi connectivity index (χ0n) is 44.9. The Kier molecular flexibility index (Phi) is 47.3. The van der Waals surface area contributed by atoms with Crippen molar-refractivity contribution in [3.05, 3.63) is 12.2 Å². The van der Waals surface area contributed by atoms with Crippen LogP contribution in [0.5, 0.6) is 0 Å². The Morgan fingerprint density at radius 1 is 0.485 bits per heavy atom. The number of carbonyl (C=O) groups is 1. The standard InChI is InChI=1S/C59H115NO8/c1-3-5-7-9-11-13-15-17-18-19-20-21-22-23-24-25-26-27-28-29-30-31-32-33-34-35-36-37-39-41-43-45-47-49-55(63)60-52(51-67-59-58(66)57(65)56(64)54(50-61)68-59)53(62)48-46-44-42-40-38-16-14-12-10-8-6-4-2/h46,48,52-54,56-59,61-62,64-66H,3-45,47,49-51H2,1-2H3,(H,60,63)/b48-46+/t52-,53+,54+,56-,57?,58?,59+/m0/s1. The monoisotopic (exact) mass is 966 g/mol. The molecule has 0 radical (unpaired) electrons. The summed E-state index contributed by atoms with van der Waals surface area (Å²) in [5, 5.41) is 54.4. The summed E-state index contributed by atoms with van der Waals surface area (Å²) in [5.74, 6) is -0.171. The van der Waals surface area contributed by atoms with E-state index >= 15 is 0 Å². The quantitative estimate of drug-likeness (QED) is 0.0261. The third kappa shape index (κ3) is 38.6. The first-order valence-corrected chi connectivity index (χ1v) is 29.9. The van der Waals surface area contributed by atoms with E-state index in [9.17, 15) is 30.3 Å². The molecule has 1 saturated heterocycles. The highest BCUT2D eigenvalue weighted by Crippen LogP contribution is 2.23. The van der Waals surface area contributed by atoms with Crippen LogP contribution in [0, 0.1) is 0 Å². The molecule has 6 N–H and O–H groups in total. The molecule has 2 unspecified atom stereocenters. The second-order valence-electron chi connectivity index (χ2n) is 21.2. The number of aliphatic hydroxyl groups is 5. The summed E-state index contributed by atoms with van der Waals surface area (Å²) in [6, 6.07) is -0.799. The van der Waals surface area contributed by atoms with Gasteiger partial charge in [-0.15, -0.1) is 0 Å². The van der Waals surface area contributed by atoms with Gasteiger partial charge in [0.2, 0.25) is 5.91 Å². The summed E-state index contributed by atoms with van der Waals surface area (Å²) >= 11 is 0.